The highest BCUT2D eigenvalue weighted by atomic mass is 32.2. The molecule has 13 nitrogen and oxygen atoms in total. The van der Waals surface area contributed by atoms with Crippen LogP contribution in [-0.2, 0) is 43.0 Å². The van der Waals surface area contributed by atoms with E-state index in [0.717, 1.165) is 11.1 Å². The Hall–Kier alpha value is -5.02. The highest BCUT2D eigenvalue weighted by Gasteiger charge is 2.53. The number of β-lactam (4-membered cyclic amide) rings is 1. The van der Waals surface area contributed by atoms with Gasteiger partial charge in [-0.1, -0.05) is 65.8 Å². The molecule has 2 aliphatic heterocycles. The van der Waals surface area contributed by atoms with E-state index in [2.05, 4.69) is 15.5 Å². The fraction of sp³-hybridized carbons (Fsp3) is 0.303. The summed E-state index contributed by atoms with van der Waals surface area (Å²) in [5.41, 5.74) is 2.14. The first kappa shape index (κ1) is 34.3. The van der Waals surface area contributed by atoms with Crippen LogP contribution in [-0.4, -0.2) is 75.9 Å². The van der Waals surface area contributed by atoms with E-state index in [-0.39, 0.29) is 17.1 Å². The maximum atomic E-state index is 13.4. The summed E-state index contributed by atoms with van der Waals surface area (Å²) in [6, 6.07) is 17.4. The number of amides is 2. The smallest absolute Gasteiger partial charge is 0.357 e. The molecule has 2 atom stereocenters. The average molecular weight is 693 g/mol. The second-order valence-electron chi connectivity index (χ2n) is 11.5. The van der Waals surface area contributed by atoms with E-state index in [0.29, 0.717) is 5.75 Å². The van der Waals surface area contributed by atoms with Gasteiger partial charge in [0.1, 0.15) is 22.8 Å². The Morgan fingerprint density at radius 1 is 1.02 bits per heavy atom. The summed E-state index contributed by atoms with van der Waals surface area (Å²) < 4.78 is 15.8. The highest BCUT2D eigenvalue weighted by molar-refractivity contribution is 8.00. The Kier molecular flexibility index (Phi) is 10.9. The predicted molar refractivity (Wildman–Crippen MR) is 175 cm³/mol. The molecule has 0 saturated carbocycles. The van der Waals surface area contributed by atoms with Gasteiger partial charge in [-0.15, -0.1) is 23.1 Å². The monoisotopic (exact) mass is 692 g/mol. The number of fused-ring (bicyclic) bond motifs is 1. The van der Waals surface area contributed by atoms with Crippen LogP contribution < -0.4 is 5.32 Å². The van der Waals surface area contributed by atoms with E-state index in [4.69, 9.17) is 19.0 Å². The zero-order valence-corrected chi connectivity index (χ0v) is 27.8. The number of thioether (sulfide) groups is 1. The zero-order chi connectivity index (χ0) is 34.3. The molecule has 3 aromatic rings. The van der Waals surface area contributed by atoms with Crippen molar-refractivity contribution in [2.24, 2.45) is 10.6 Å². The van der Waals surface area contributed by atoms with Crippen LogP contribution in [0, 0.1) is 5.41 Å². The summed E-state index contributed by atoms with van der Waals surface area (Å²) in [5, 5.41) is 7.50. The molecule has 250 valence electrons. The quantitative estimate of drug-likeness (QED) is 0.0971. The molecule has 1 N–H and O–H groups in total. The van der Waals surface area contributed by atoms with Crippen molar-refractivity contribution in [2.75, 3.05) is 19.2 Å². The van der Waals surface area contributed by atoms with Gasteiger partial charge in [0, 0.05) is 11.1 Å². The first-order valence-electron chi connectivity index (χ1n) is 14.7. The van der Waals surface area contributed by atoms with Crippen LogP contribution in [0.5, 0.6) is 0 Å². The third-order valence-corrected chi connectivity index (χ3v) is 8.79. The highest BCUT2D eigenvalue weighted by Crippen LogP contribution is 2.38. The zero-order valence-electron chi connectivity index (χ0n) is 26.2. The third kappa shape index (κ3) is 8.09. The van der Waals surface area contributed by atoms with Crippen molar-refractivity contribution in [2.45, 2.75) is 38.3 Å². The van der Waals surface area contributed by atoms with Gasteiger partial charge in [0.25, 0.3) is 11.8 Å². The Bertz CT molecular complexity index is 1670. The molecule has 5 rings (SSSR count). The number of rotatable bonds is 12. The molecule has 3 heterocycles. The molecule has 0 spiro atoms. The molecular formula is C33H32N4O9S2. The lowest BCUT2D eigenvalue weighted by Crippen LogP contribution is -2.70. The van der Waals surface area contributed by atoms with Crippen molar-refractivity contribution in [3.05, 3.63) is 100 Å². The number of nitrogens with one attached hydrogen (secondary N) is 1. The van der Waals surface area contributed by atoms with Crippen LogP contribution in [0.25, 0.3) is 0 Å². The average Bonchev–Trinajstić information content (AvgIpc) is 3.62. The summed E-state index contributed by atoms with van der Waals surface area (Å²) in [5.74, 6) is -3.08. The van der Waals surface area contributed by atoms with E-state index < -0.39 is 66.1 Å². The van der Waals surface area contributed by atoms with Crippen LogP contribution in [0.1, 0.15) is 43.7 Å². The van der Waals surface area contributed by atoms with Crippen LogP contribution in [0.15, 0.2) is 88.5 Å². The largest absolute Gasteiger partial charge is 0.450 e. The van der Waals surface area contributed by atoms with Crippen LogP contribution >= 0.6 is 23.1 Å². The summed E-state index contributed by atoms with van der Waals surface area (Å²) in [6.45, 7) is 3.78. The minimum Gasteiger partial charge on any atom is -0.450 e. The summed E-state index contributed by atoms with van der Waals surface area (Å²) in [7, 11) is 0. The Labute approximate surface area is 284 Å². The van der Waals surface area contributed by atoms with Crippen molar-refractivity contribution < 1.29 is 43.0 Å². The number of carbonyl (C=O) groups is 5. The number of ether oxygens (including phenoxy) is 3. The molecule has 2 amide bonds. The summed E-state index contributed by atoms with van der Waals surface area (Å²) in [6.07, 6.45) is 0.837. The minimum atomic E-state index is -0.996. The topological polar surface area (TPSA) is 163 Å². The molecule has 1 saturated heterocycles. The Morgan fingerprint density at radius 2 is 1.69 bits per heavy atom. The first-order chi connectivity index (χ1) is 23.0. The van der Waals surface area contributed by atoms with Crippen molar-refractivity contribution >= 4 is 58.5 Å². The lowest BCUT2D eigenvalue weighted by molar-refractivity contribution is -0.173. The van der Waals surface area contributed by atoms with Gasteiger partial charge in [-0.2, -0.15) is 0 Å². The third-order valence-electron chi connectivity index (χ3n) is 7.02. The Balaban J connectivity index is 1.20. The molecular weight excluding hydrogens is 661 g/mol. The van der Waals surface area contributed by atoms with E-state index >= 15 is 0 Å². The van der Waals surface area contributed by atoms with E-state index in [1.807, 2.05) is 60.7 Å². The molecule has 48 heavy (non-hydrogen) atoms. The molecule has 1 unspecified atom stereocenters. The van der Waals surface area contributed by atoms with Crippen molar-refractivity contribution in [1.29, 1.82) is 0 Å². The van der Waals surface area contributed by atoms with E-state index in [1.54, 1.807) is 26.2 Å². The lowest BCUT2D eigenvalue weighted by Gasteiger charge is -2.48. The Morgan fingerprint density at radius 3 is 2.29 bits per heavy atom. The van der Waals surface area contributed by atoms with Gasteiger partial charge in [0.05, 0.1) is 10.9 Å². The standard InChI is InChI=1S/C33H32N4O9S2/c1-33(2,3)32(42)44-19-43-31(41)23-14-15-48-30-26(29(40)37(23)30)35-28(39)25(22-17-47-18-34-22)36-45-16-24(38)46-27(20-10-6-4-7-11-20)21-12-8-5-9-13-21/h4-14,17-18,26-27,30H,15-16,19H2,1-3H3,(H,35,39)/b36-25+/t26?,30-/m1/s1. The fourth-order valence-electron chi connectivity index (χ4n) is 4.60. The maximum absolute atomic E-state index is 13.4. The molecule has 1 fully saturated rings. The van der Waals surface area contributed by atoms with Crippen molar-refractivity contribution in [1.82, 2.24) is 15.2 Å². The normalized spacial score (nSPS) is 17.4. The van der Waals surface area contributed by atoms with E-state index in [9.17, 15) is 24.0 Å². The number of thiazole rings is 1. The molecule has 1 aromatic heterocycles. The number of oxime groups is 1. The molecule has 0 aliphatic carbocycles. The van der Waals surface area contributed by atoms with Crippen molar-refractivity contribution in [3.8, 4) is 0 Å². The van der Waals surface area contributed by atoms with Crippen LogP contribution in [0.3, 0.4) is 0 Å². The number of hydrogen-bond acceptors (Lipinski definition) is 13. The molecule has 0 radical (unpaired) electrons. The number of aromatic nitrogens is 1. The molecule has 15 heteroatoms. The number of benzene rings is 2. The van der Waals surface area contributed by atoms with Gasteiger partial charge in [-0.05, 0) is 38.0 Å². The van der Waals surface area contributed by atoms with Gasteiger partial charge in [-0.25, -0.2) is 14.6 Å². The second kappa shape index (κ2) is 15.3. The molecule has 0 bridgehead atoms. The molecule has 2 aliphatic rings. The minimum absolute atomic E-state index is 0.0133. The van der Waals surface area contributed by atoms with Gasteiger partial charge in [-0.3, -0.25) is 19.3 Å². The summed E-state index contributed by atoms with van der Waals surface area (Å²) >= 11 is 2.54. The number of hydrogen-bond donors (Lipinski definition) is 1. The van der Waals surface area contributed by atoms with Crippen LogP contribution in [0.4, 0.5) is 0 Å². The lowest BCUT2D eigenvalue weighted by atomic mass is 9.98. The number of carbonyl (C=O) groups excluding carboxylic acids is 5. The second-order valence-corrected chi connectivity index (χ2v) is 13.4. The van der Waals surface area contributed by atoms with Gasteiger partial charge < -0.3 is 24.4 Å². The first-order valence-corrected chi connectivity index (χ1v) is 16.7. The van der Waals surface area contributed by atoms with Gasteiger partial charge in [0.15, 0.2) is 11.8 Å². The van der Waals surface area contributed by atoms with E-state index in [1.165, 1.54) is 39.6 Å². The maximum Gasteiger partial charge on any atom is 0.357 e. The van der Waals surface area contributed by atoms with Gasteiger partial charge in [0.2, 0.25) is 13.4 Å². The molecule has 2 aromatic carbocycles. The number of esters is 3. The number of nitrogens with zero attached hydrogens (tertiary/aromatic N) is 3. The van der Waals surface area contributed by atoms with Crippen molar-refractivity contribution in [3.63, 3.8) is 0 Å². The summed E-state index contributed by atoms with van der Waals surface area (Å²) in [4.78, 5) is 74.6. The SMILES string of the molecule is CC(C)(C)C(=O)OCOC(=O)C1=CCS[C@@H]2C(NC(=O)/C(=N/OCC(=O)OC(c3ccccc3)c3ccccc3)c3cscn3)C(=O)N12. The predicted octanol–water partition coefficient (Wildman–Crippen LogP) is 3.57. The van der Waals surface area contributed by atoms with Gasteiger partial charge >= 0.3 is 17.9 Å². The fourth-order valence-corrected chi connectivity index (χ4v) is 6.33. The van der Waals surface area contributed by atoms with Crippen LogP contribution in [0.2, 0.25) is 0 Å².